The lowest BCUT2D eigenvalue weighted by Gasteiger charge is -2.22. The summed E-state index contributed by atoms with van der Waals surface area (Å²) in [5.74, 6) is 0. The lowest BCUT2D eigenvalue weighted by Crippen LogP contribution is -2.27. The van der Waals surface area contributed by atoms with Crippen molar-refractivity contribution in [3.8, 4) is 0 Å². The number of rotatable bonds is 2. The Bertz CT molecular complexity index is 249. The van der Waals surface area contributed by atoms with Crippen LogP contribution >= 0.6 is 0 Å². The van der Waals surface area contributed by atoms with Gasteiger partial charge in [0.1, 0.15) is 0 Å². The molecule has 0 bridgehead atoms. The SMILES string of the molecule is CC(C)(CN)c1ccc(N)cc1. The molecule has 12 heavy (non-hydrogen) atoms. The lowest BCUT2D eigenvalue weighted by atomic mass is 9.85. The van der Waals surface area contributed by atoms with Crippen molar-refractivity contribution in [1.82, 2.24) is 0 Å². The number of anilines is 1. The first kappa shape index (κ1) is 9.07. The quantitative estimate of drug-likeness (QED) is 0.651. The highest BCUT2D eigenvalue weighted by molar-refractivity contribution is 5.41. The smallest absolute Gasteiger partial charge is 0.0314 e. The van der Waals surface area contributed by atoms with Crippen LogP contribution in [0.5, 0.6) is 0 Å². The monoisotopic (exact) mass is 164 g/mol. The van der Waals surface area contributed by atoms with Crippen molar-refractivity contribution < 1.29 is 0 Å². The molecule has 0 atom stereocenters. The molecule has 0 saturated heterocycles. The molecule has 0 amide bonds. The summed E-state index contributed by atoms with van der Waals surface area (Å²) in [5, 5.41) is 0. The van der Waals surface area contributed by atoms with Crippen molar-refractivity contribution in [2.24, 2.45) is 5.73 Å². The van der Waals surface area contributed by atoms with E-state index in [1.165, 1.54) is 5.56 Å². The molecule has 0 fully saturated rings. The maximum atomic E-state index is 5.65. The third kappa shape index (κ3) is 1.77. The summed E-state index contributed by atoms with van der Waals surface area (Å²) < 4.78 is 0. The van der Waals surface area contributed by atoms with E-state index in [1.54, 1.807) is 0 Å². The second-order valence-electron chi connectivity index (χ2n) is 3.71. The minimum atomic E-state index is 0.0493. The van der Waals surface area contributed by atoms with Crippen LogP contribution in [0.2, 0.25) is 0 Å². The molecule has 4 N–H and O–H groups in total. The van der Waals surface area contributed by atoms with E-state index in [0.717, 1.165) is 5.69 Å². The van der Waals surface area contributed by atoms with Crippen molar-refractivity contribution in [2.75, 3.05) is 12.3 Å². The largest absolute Gasteiger partial charge is 0.399 e. The Morgan fingerprint density at radius 2 is 1.67 bits per heavy atom. The summed E-state index contributed by atoms with van der Waals surface area (Å²) in [6.45, 7) is 4.90. The molecule has 2 heteroatoms. The van der Waals surface area contributed by atoms with Crippen LogP contribution in [0.15, 0.2) is 24.3 Å². The molecule has 0 radical (unpaired) electrons. The van der Waals surface area contributed by atoms with Crippen LogP contribution in [0.3, 0.4) is 0 Å². The minimum absolute atomic E-state index is 0.0493. The highest BCUT2D eigenvalue weighted by Gasteiger charge is 2.17. The molecule has 66 valence electrons. The first-order chi connectivity index (χ1) is 5.56. The summed E-state index contributed by atoms with van der Waals surface area (Å²) in [7, 11) is 0. The molecule has 0 saturated carbocycles. The molecule has 0 aliphatic rings. The predicted octanol–water partition coefficient (Wildman–Crippen LogP) is 1.51. The fourth-order valence-corrected chi connectivity index (χ4v) is 1.05. The average Bonchev–Trinajstić information content (AvgIpc) is 2.05. The van der Waals surface area contributed by atoms with Gasteiger partial charge in [-0.25, -0.2) is 0 Å². The third-order valence-corrected chi connectivity index (χ3v) is 2.20. The Balaban J connectivity index is 2.96. The molecule has 2 nitrogen and oxygen atoms in total. The van der Waals surface area contributed by atoms with Crippen LogP contribution in [-0.2, 0) is 5.41 Å². The third-order valence-electron chi connectivity index (χ3n) is 2.20. The number of hydrogen-bond acceptors (Lipinski definition) is 2. The Kier molecular flexibility index (Phi) is 2.38. The van der Waals surface area contributed by atoms with Crippen LogP contribution in [0.1, 0.15) is 19.4 Å². The molecule has 0 heterocycles. The maximum Gasteiger partial charge on any atom is 0.0314 e. The highest BCUT2D eigenvalue weighted by atomic mass is 14.6. The Morgan fingerprint density at radius 1 is 1.17 bits per heavy atom. The first-order valence-corrected chi connectivity index (χ1v) is 4.12. The van der Waals surface area contributed by atoms with Crippen LogP contribution in [0.25, 0.3) is 0 Å². The molecule has 0 unspecified atom stereocenters. The summed E-state index contributed by atoms with van der Waals surface area (Å²) in [6.07, 6.45) is 0. The number of hydrogen-bond donors (Lipinski definition) is 2. The highest BCUT2D eigenvalue weighted by Crippen LogP contribution is 2.22. The number of benzene rings is 1. The van der Waals surface area contributed by atoms with Crippen LogP contribution < -0.4 is 11.5 Å². The minimum Gasteiger partial charge on any atom is -0.399 e. The summed E-state index contributed by atoms with van der Waals surface area (Å²) in [4.78, 5) is 0. The van der Waals surface area contributed by atoms with Crippen molar-refractivity contribution in [3.05, 3.63) is 29.8 Å². The van der Waals surface area contributed by atoms with Gasteiger partial charge < -0.3 is 11.5 Å². The van der Waals surface area contributed by atoms with Gasteiger partial charge in [0.05, 0.1) is 0 Å². The lowest BCUT2D eigenvalue weighted by molar-refractivity contribution is 0.539. The molecule has 0 aliphatic carbocycles. The van der Waals surface area contributed by atoms with Crippen LogP contribution in [-0.4, -0.2) is 6.54 Å². The standard InChI is InChI=1S/C10H16N2/c1-10(2,7-11)8-3-5-9(12)6-4-8/h3-6H,7,11-12H2,1-2H3. The van der Waals surface area contributed by atoms with E-state index in [-0.39, 0.29) is 5.41 Å². The van der Waals surface area contributed by atoms with Gasteiger partial charge in [0.2, 0.25) is 0 Å². The van der Waals surface area contributed by atoms with Gasteiger partial charge in [-0.15, -0.1) is 0 Å². The summed E-state index contributed by atoms with van der Waals surface area (Å²) in [5.41, 5.74) is 13.3. The van der Waals surface area contributed by atoms with Gasteiger partial charge in [0.15, 0.2) is 0 Å². The number of nitrogen functional groups attached to an aromatic ring is 1. The first-order valence-electron chi connectivity index (χ1n) is 4.12. The maximum absolute atomic E-state index is 5.65. The van der Waals surface area contributed by atoms with Crippen molar-refractivity contribution >= 4 is 5.69 Å². The molecule has 0 spiro atoms. The Morgan fingerprint density at radius 3 is 2.08 bits per heavy atom. The van der Waals surface area contributed by atoms with Crippen LogP contribution in [0, 0.1) is 0 Å². The van der Waals surface area contributed by atoms with Crippen molar-refractivity contribution in [1.29, 1.82) is 0 Å². The second-order valence-corrected chi connectivity index (χ2v) is 3.71. The fraction of sp³-hybridized carbons (Fsp3) is 0.400. The van der Waals surface area contributed by atoms with E-state index in [0.29, 0.717) is 6.54 Å². The van der Waals surface area contributed by atoms with Crippen molar-refractivity contribution in [2.45, 2.75) is 19.3 Å². The molecule has 0 aliphatic heterocycles. The topological polar surface area (TPSA) is 52.0 Å². The van der Waals surface area contributed by atoms with Gasteiger partial charge in [0.25, 0.3) is 0 Å². The predicted molar refractivity (Wildman–Crippen MR) is 52.9 cm³/mol. The normalized spacial score (nSPS) is 11.6. The van der Waals surface area contributed by atoms with Gasteiger partial charge >= 0.3 is 0 Å². The second kappa shape index (κ2) is 3.15. The van der Waals surface area contributed by atoms with E-state index < -0.39 is 0 Å². The summed E-state index contributed by atoms with van der Waals surface area (Å²) >= 11 is 0. The van der Waals surface area contributed by atoms with Gasteiger partial charge in [-0.1, -0.05) is 26.0 Å². The van der Waals surface area contributed by atoms with E-state index in [2.05, 4.69) is 13.8 Å². The van der Waals surface area contributed by atoms with E-state index >= 15 is 0 Å². The molecular weight excluding hydrogens is 148 g/mol. The Hall–Kier alpha value is -1.02. The zero-order valence-electron chi connectivity index (χ0n) is 7.67. The van der Waals surface area contributed by atoms with Gasteiger partial charge in [-0.2, -0.15) is 0 Å². The zero-order valence-corrected chi connectivity index (χ0v) is 7.67. The molecule has 1 aromatic carbocycles. The van der Waals surface area contributed by atoms with Crippen molar-refractivity contribution in [3.63, 3.8) is 0 Å². The van der Waals surface area contributed by atoms with Gasteiger partial charge in [0, 0.05) is 17.6 Å². The Labute approximate surface area is 73.6 Å². The fourth-order valence-electron chi connectivity index (χ4n) is 1.05. The van der Waals surface area contributed by atoms with Gasteiger partial charge in [-0.3, -0.25) is 0 Å². The molecule has 1 aromatic rings. The molecule has 0 aromatic heterocycles. The number of nitrogens with two attached hydrogens (primary N) is 2. The van der Waals surface area contributed by atoms with E-state index in [1.807, 2.05) is 24.3 Å². The van der Waals surface area contributed by atoms with E-state index in [9.17, 15) is 0 Å². The molecular formula is C10H16N2. The molecule has 1 rings (SSSR count). The van der Waals surface area contributed by atoms with Gasteiger partial charge in [-0.05, 0) is 17.7 Å². The summed E-state index contributed by atoms with van der Waals surface area (Å²) in [6, 6.07) is 7.88. The zero-order chi connectivity index (χ0) is 9.19. The van der Waals surface area contributed by atoms with E-state index in [4.69, 9.17) is 11.5 Å². The van der Waals surface area contributed by atoms with Crippen LogP contribution in [0.4, 0.5) is 5.69 Å². The average molecular weight is 164 g/mol.